The van der Waals surface area contributed by atoms with Crippen molar-refractivity contribution in [2.45, 2.75) is 69.2 Å². The van der Waals surface area contributed by atoms with Crippen molar-refractivity contribution in [2.24, 2.45) is 0 Å². The summed E-state index contributed by atoms with van der Waals surface area (Å²) in [6, 6.07) is 9.15. The van der Waals surface area contributed by atoms with Gasteiger partial charge in [0.1, 0.15) is 12.1 Å². The number of benzene rings is 1. The Balaban J connectivity index is 1.62. The molecule has 1 heterocycles. The topological polar surface area (TPSA) is 99.7 Å². The fourth-order valence-electron chi connectivity index (χ4n) is 4.03. The number of β-amino-alcohol motifs (C(OH)–C–C–N with tert-alkyl or cyclic N) is 1. The lowest BCUT2D eigenvalue weighted by atomic mass is 9.80. The monoisotopic (exact) mass is 389 g/mol. The largest absolute Gasteiger partial charge is 0.445 e. The van der Waals surface area contributed by atoms with Gasteiger partial charge in [-0.1, -0.05) is 49.6 Å². The third-order valence-electron chi connectivity index (χ3n) is 5.70. The maximum absolute atomic E-state index is 13.1. The minimum atomic E-state index is -0.967. The molecule has 0 bridgehead atoms. The van der Waals surface area contributed by atoms with Crippen LogP contribution in [0, 0.1) is 0 Å². The molecule has 3 rings (SSSR count). The second-order valence-electron chi connectivity index (χ2n) is 7.82. The molecular formula is C21H31N3O4. The molecule has 1 saturated heterocycles. The van der Waals surface area contributed by atoms with Crippen molar-refractivity contribution in [1.82, 2.24) is 16.0 Å². The molecule has 2 amide bonds. The smallest absolute Gasteiger partial charge is 0.408 e. The van der Waals surface area contributed by atoms with Crippen LogP contribution in [0.2, 0.25) is 0 Å². The Bertz CT molecular complexity index is 646. The second-order valence-corrected chi connectivity index (χ2v) is 7.82. The first-order valence-electron chi connectivity index (χ1n) is 10.3. The first-order chi connectivity index (χ1) is 13.6. The lowest BCUT2D eigenvalue weighted by Crippen LogP contribution is -2.62. The number of carbonyl (C=O) groups excluding carboxylic acids is 2. The Morgan fingerprint density at radius 2 is 1.89 bits per heavy atom. The van der Waals surface area contributed by atoms with Gasteiger partial charge in [0, 0.05) is 6.54 Å². The summed E-state index contributed by atoms with van der Waals surface area (Å²) in [6.07, 6.45) is 4.37. The molecule has 1 aromatic rings. The molecule has 4 N–H and O–H groups in total. The number of nitrogens with one attached hydrogen (secondary N) is 3. The molecule has 7 nitrogen and oxygen atoms in total. The third-order valence-corrected chi connectivity index (χ3v) is 5.70. The average molecular weight is 389 g/mol. The van der Waals surface area contributed by atoms with E-state index >= 15 is 0 Å². The molecular weight excluding hydrogens is 358 g/mol. The second kappa shape index (κ2) is 9.89. The number of carbonyl (C=O) groups is 2. The fraction of sp³-hybridized carbons (Fsp3) is 0.619. The highest BCUT2D eigenvalue weighted by molar-refractivity contribution is 5.90. The molecule has 28 heavy (non-hydrogen) atoms. The molecule has 1 saturated carbocycles. The van der Waals surface area contributed by atoms with Crippen molar-refractivity contribution in [3.05, 3.63) is 35.9 Å². The number of aliphatic hydroxyl groups excluding tert-OH is 1. The van der Waals surface area contributed by atoms with E-state index < -0.39 is 17.7 Å². The van der Waals surface area contributed by atoms with E-state index in [4.69, 9.17) is 4.74 Å². The Hall–Kier alpha value is -2.12. The minimum absolute atomic E-state index is 0.164. The number of alkyl carbamates (subject to hydrolysis) is 1. The SMILES string of the molecule is O=C(NC1(C(=O)NC2CCCNCC2O)CCCCC1)OCc1ccccc1. The Morgan fingerprint density at radius 3 is 2.64 bits per heavy atom. The molecule has 2 fully saturated rings. The zero-order chi connectivity index (χ0) is 19.8. The van der Waals surface area contributed by atoms with Crippen molar-refractivity contribution in [2.75, 3.05) is 13.1 Å². The first kappa shape index (κ1) is 20.6. The number of amides is 2. The number of ether oxygens (including phenoxy) is 1. The molecule has 1 aromatic carbocycles. The Labute approximate surface area is 166 Å². The van der Waals surface area contributed by atoms with E-state index in [1.165, 1.54) is 0 Å². The normalized spacial score (nSPS) is 24.6. The lowest BCUT2D eigenvalue weighted by molar-refractivity contribution is -0.130. The van der Waals surface area contributed by atoms with Crippen LogP contribution in [0.5, 0.6) is 0 Å². The van der Waals surface area contributed by atoms with E-state index in [0.717, 1.165) is 37.8 Å². The van der Waals surface area contributed by atoms with Gasteiger partial charge in [0.05, 0.1) is 12.1 Å². The quantitative estimate of drug-likeness (QED) is 0.616. The summed E-state index contributed by atoms with van der Waals surface area (Å²) in [5.41, 5.74) is -0.0697. The van der Waals surface area contributed by atoms with Crippen LogP contribution in [0.25, 0.3) is 0 Å². The van der Waals surface area contributed by atoms with Gasteiger partial charge in [-0.15, -0.1) is 0 Å². The maximum atomic E-state index is 13.1. The summed E-state index contributed by atoms with van der Waals surface area (Å²) in [6.45, 7) is 1.46. The van der Waals surface area contributed by atoms with E-state index in [-0.39, 0.29) is 18.6 Å². The molecule has 1 aliphatic heterocycles. The Morgan fingerprint density at radius 1 is 1.14 bits per heavy atom. The third kappa shape index (κ3) is 5.45. The van der Waals surface area contributed by atoms with Gasteiger partial charge in [-0.2, -0.15) is 0 Å². The summed E-state index contributed by atoms with van der Waals surface area (Å²) in [5, 5.41) is 19.3. The van der Waals surface area contributed by atoms with E-state index in [0.29, 0.717) is 25.8 Å². The molecule has 0 spiro atoms. The highest BCUT2D eigenvalue weighted by Crippen LogP contribution is 2.29. The van der Waals surface area contributed by atoms with Gasteiger partial charge in [0.25, 0.3) is 0 Å². The van der Waals surface area contributed by atoms with Gasteiger partial charge in [0.15, 0.2) is 0 Å². The summed E-state index contributed by atoms with van der Waals surface area (Å²) >= 11 is 0. The average Bonchev–Trinajstić information content (AvgIpc) is 2.92. The molecule has 7 heteroatoms. The molecule has 154 valence electrons. The zero-order valence-corrected chi connectivity index (χ0v) is 16.3. The van der Waals surface area contributed by atoms with Crippen molar-refractivity contribution in [3.8, 4) is 0 Å². The predicted octanol–water partition coefficient (Wildman–Crippen LogP) is 1.84. The van der Waals surface area contributed by atoms with Gasteiger partial charge in [0.2, 0.25) is 5.91 Å². The van der Waals surface area contributed by atoms with Gasteiger partial charge in [-0.3, -0.25) is 4.79 Å². The highest BCUT2D eigenvalue weighted by Gasteiger charge is 2.42. The minimum Gasteiger partial charge on any atom is -0.445 e. The predicted molar refractivity (Wildman–Crippen MR) is 106 cm³/mol. The highest BCUT2D eigenvalue weighted by atomic mass is 16.5. The molecule has 0 radical (unpaired) electrons. The van der Waals surface area contributed by atoms with Crippen LogP contribution in [0.1, 0.15) is 50.5 Å². The van der Waals surface area contributed by atoms with Crippen LogP contribution in [-0.2, 0) is 16.1 Å². The standard InChI is InChI=1S/C21H31N3O4/c25-18-14-22-13-7-10-17(18)23-19(26)21(11-5-2-6-12-21)24-20(27)28-15-16-8-3-1-4-9-16/h1,3-4,8-9,17-18,22,25H,2,5-7,10-15H2,(H,23,26)(H,24,27). The molecule has 0 aromatic heterocycles. The van der Waals surface area contributed by atoms with Gasteiger partial charge < -0.3 is 25.8 Å². The summed E-state index contributed by atoms with van der Waals surface area (Å²) in [5.74, 6) is -0.213. The molecule has 2 aliphatic rings. The lowest BCUT2D eigenvalue weighted by Gasteiger charge is -2.37. The van der Waals surface area contributed by atoms with E-state index in [1.54, 1.807) is 0 Å². The van der Waals surface area contributed by atoms with Gasteiger partial charge in [-0.25, -0.2) is 4.79 Å². The summed E-state index contributed by atoms with van der Waals surface area (Å²) < 4.78 is 5.35. The number of aliphatic hydroxyl groups is 1. The van der Waals surface area contributed by atoms with Crippen LogP contribution < -0.4 is 16.0 Å². The Kier molecular flexibility index (Phi) is 7.28. The van der Waals surface area contributed by atoms with Crippen LogP contribution >= 0.6 is 0 Å². The van der Waals surface area contributed by atoms with Crippen molar-refractivity contribution >= 4 is 12.0 Å². The molecule has 2 unspecified atom stereocenters. The van der Waals surface area contributed by atoms with Crippen molar-refractivity contribution in [3.63, 3.8) is 0 Å². The number of hydrogen-bond acceptors (Lipinski definition) is 5. The van der Waals surface area contributed by atoms with Crippen LogP contribution in [0.4, 0.5) is 4.79 Å². The first-order valence-corrected chi connectivity index (χ1v) is 10.3. The fourth-order valence-corrected chi connectivity index (χ4v) is 4.03. The van der Waals surface area contributed by atoms with Crippen LogP contribution in [0.3, 0.4) is 0 Å². The van der Waals surface area contributed by atoms with Crippen molar-refractivity contribution < 1.29 is 19.4 Å². The van der Waals surface area contributed by atoms with Crippen molar-refractivity contribution in [1.29, 1.82) is 0 Å². The van der Waals surface area contributed by atoms with Crippen LogP contribution in [0.15, 0.2) is 30.3 Å². The van der Waals surface area contributed by atoms with Gasteiger partial charge >= 0.3 is 6.09 Å². The van der Waals surface area contributed by atoms with Gasteiger partial charge in [-0.05, 0) is 37.8 Å². The zero-order valence-electron chi connectivity index (χ0n) is 16.3. The van der Waals surface area contributed by atoms with E-state index in [9.17, 15) is 14.7 Å². The number of rotatable bonds is 5. The summed E-state index contributed by atoms with van der Waals surface area (Å²) in [7, 11) is 0. The van der Waals surface area contributed by atoms with E-state index in [1.807, 2.05) is 30.3 Å². The molecule has 2 atom stereocenters. The molecule has 1 aliphatic carbocycles. The summed E-state index contributed by atoms with van der Waals surface area (Å²) in [4.78, 5) is 25.6. The number of hydrogen-bond donors (Lipinski definition) is 4. The van der Waals surface area contributed by atoms with E-state index in [2.05, 4.69) is 16.0 Å². The van der Waals surface area contributed by atoms with Crippen LogP contribution in [-0.4, -0.2) is 47.9 Å². The maximum Gasteiger partial charge on any atom is 0.408 e.